The highest BCUT2D eigenvalue weighted by Crippen LogP contribution is 2.17. The van der Waals surface area contributed by atoms with Crippen molar-refractivity contribution < 1.29 is 4.74 Å². The van der Waals surface area contributed by atoms with Gasteiger partial charge in [0.15, 0.2) is 0 Å². The lowest BCUT2D eigenvalue weighted by Crippen LogP contribution is -2.20. The Balaban J connectivity index is 0.00000200. The van der Waals surface area contributed by atoms with Gasteiger partial charge in [-0.15, -0.1) is 12.4 Å². The second kappa shape index (κ2) is 9.40. The molecule has 0 saturated heterocycles. The van der Waals surface area contributed by atoms with Crippen LogP contribution in [-0.4, -0.2) is 20.2 Å². The largest absolute Gasteiger partial charge is 0.496 e. The van der Waals surface area contributed by atoms with Crippen molar-refractivity contribution in [1.29, 1.82) is 0 Å². The van der Waals surface area contributed by atoms with Gasteiger partial charge in [-0.3, -0.25) is 0 Å². The molecule has 0 amide bonds. The van der Waals surface area contributed by atoms with Crippen LogP contribution in [0, 0.1) is 0 Å². The fourth-order valence-corrected chi connectivity index (χ4v) is 2.13. The number of ether oxygens (including phenoxy) is 1. The number of methoxy groups -OCH3 is 1. The minimum absolute atomic E-state index is 0. The van der Waals surface area contributed by atoms with E-state index >= 15 is 0 Å². The van der Waals surface area contributed by atoms with Crippen molar-refractivity contribution in [2.24, 2.45) is 0 Å². The van der Waals surface area contributed by atoms with Gasteiger partial charge in [-0.2, -0.15) is 0 Å². The Kier molecular flexibility index (Phi) is 7.78. The predicted octanol–water partition coefficient (Wildman–Crippen LogP) is 3.49. The molecule has 108 valence electrons. The molecule has 0 saturated carbocycles. The Hall–Kier alpha value is -1.51. The predicted molar refractivity (Wildman–Crippen MR) is 87.0 cm³/mol. The minimum atomic E-state index is 0. The van der Waals surface area contributed by atoms with Crippen LogP contribution in [0.3, 0.4) is 0 Å². The number of hydrogen-bond acceptors (Lipinski definition) is 2. The molecule has 0 unspecified atom stereocenters. The molecule has 0 radical (unpaired) electrons. The molecular weight excluding hydrogens is 270 g/mol. The van der Waals surface area contributed by atoms with E-state index in [-0.39, 0.29) is 12.4 Å². The van der Waals surface area contributed by atoms with E-state index in [1.807, 2.05) is 12.1 Å². The molecule has 0 fully saturated rings. The molecule has 0 aromatic heterocycles. The third kappa shape index (κ3) is 5.24. The zero-order valence-electron chi connectivity index (χ0n) is 11.8. The van der Waals surface area contributed by atoms with Crippen molar-refractivity contribution >= 4 is 12.4 Å². The average Bonchev–Trinajstić information content (AvgIpc) is 2.48. The Morgan fingerprint density at radius 1 is 0.850 bits per heavy atom. The lowest BCUT2D eigenvalue weighted by Gasteiger charge is -2.09. The lowest BCUT2D eigenvalue weighted by atomic mass is 10.1. The van der Waals surface area contributed by atoms with E-state index in [0.29, 0.717) is 0 Å². The van der Waals surface area contributed by atoms with Crippen LogP contribution < -0.4 is 10.1 Å². The summed E-state index contributed by atoms with van der Waals surface area (Å²) in [6.07, 6.45) is 2.07. The normalized spacial score (nSPS) is 9.85. The molecule has 0 aliphatic rings. The van der Waals surface area contributed by atoms with Crippen molar-refractivity contribution in [1.82, 2.24) is 5.32 Å². The number of nitrogens with one attached hydrogen (secondary N) is 1. The third-order valence-corrected chi connectivity index (χ3v) is 3.20. The van der Waals surface area contributed by atoms with Gasteiger partial charge in [-0.05, 0) is 43.1 Å². The molecule has 1 N–H and O–H groups in total. The van der Waals surface area contributed by atoms with Crippen LogP contribution in [0.5, 0.6) is 5.75 Å². The first kappa shape index (κ1) is 16.5. The molecule has 2 aromatic rings. The SMILES string of the molecule is COc1ccccc1CCNCCc1ccccc1.Cl. The fraction of sp³-hybridized carbons (Fsp3) is 0.294. The van der Waals surface area contributed by atoms with Gasteiger partial charge in [0.05, 0.1) is 7.11 Å². The molecule has 20 heavy (non-hydrogen) atoms. The van der Waals surface area contributed by atoms with Gasteiger partial charge in [-0.25, -0.2) is 0 Å². The first-order chi connectivity index (χ1) is 9.40. The number of para-hydroxylation sites is 1. The van der Waals surface area contributed by atoms with Crippen molar-refractivity contribution in [2.45, 2.75) is 12.8 Å². The van der Waals surface area contributed by atoms with Crippen molar-refractivity contribution in [2.75, 3.05) is 20.2 Å². The number of hydrogen-bond donors (Lipinski definition) is 1. The van der Waals surface area contributed by atoms with E-state index in [9.17, 15) is 0 Å². The van der Waals surface area contributed by atoms with Crippen LogP contribution in [0.2, 0.25) is 0 Å². The summed E-state index contributed by atoms with van der Waals surface area (Å²) < 4.78 is 5.34. The van der Waals surface area contributed by atoms with E-state index < -0.39 is 0 Å². The Morgan fingerprint density at radius 2 is 1.50 bits per heavy atom. The summed E-state index contributed by atoms with van der Waals surface area (Å²) in [4.78, 5) is 0. The minimum Gasteiger partial charge on any atom is -0.496 e. The molecule has 0 atom stereocenters. The summed E-state index contributed by atoms with van der Waals surface area (Å²) >= 11 is 0. The molecule has 0 aliphatic heterocycles. The maximum Gasteiger partial charge on any atom is 0.122 e. The van der Waals surface area contributed by atoms with Gasteiger partial charge in [-0.1, -0.05) is 48.5 Å². The van der Waals surface area contributed by atoms with Crippen LogP contribution in [-0.2, 0) is 12.8 Å². The van der Waals surface area contributed by atoms with E-state index in [1.165, 1.54) is 11.1 Å². The van der Waals surface area contributed by atoms with E-state index in [1.54, 1.807) is 7.11 Å². The Morgan fingerprint density at radius 3 is 2.25 bits per heavy atom. The second-order valence-electron chi connectivity index (χ2n) is 4.55. The van der Waals surface area contributed by atoms with Gasteiger partial charge >= 0.3 is 0 Å². The average molecular weight is 292 g/mol. The molecule has 2 aromatic carbocycles. The summed E-state index contributed by atoms with van der Waals surface area (Å²) in [6.45, 7) is 1.99. The summed E-state index contributed by atoms with van der Waals surface area (Å²) in [7, 11) is 1.72. The molecule has 0 aliphatic carbocycles. The zero-order valence-corrected chi connectivity index (χ0v) is 12.7. The van der Waals surface area contributed by atoms with Gasteiger partial charge in [0, 0.05) is 0 Å². The first-order valence-electron chi connectivity index (χ1n) is 6.76. The highest BCUT2D eigenvalue weighted by Gasteiger charge is 2.00. The van der Waals surface area contributed by atoms with Crippen LogP contribution in [0.4, 0.5) is 0 Å². The molecule has 2 nitrogen and oxygen atoms in total. The lowest BCUT2D eigenvalue weighted by molar-refractivity contribution is 0.409. The zero-order chi connectivity index (χ0) is 13.3. The van der Waals surface area contributed by atoms with Crippen molar-refractivity contribution in [3.05, 3.63) is 65.7 Å². The first-order valence-corrected chi connectivity index (χ1v) is 6.76. The molecule has 2 rings (SSSR count). The Labute approximate surface area is 127 Å². The van der Waals surface area contributed by atoms with Crippen molar-refractivity contribution in [3.63, 3.8) is 0 Å². The van der Waals surface area contributed by atoms with Crippen LogP contribution in [0.1, 0.15) is 11.1 Å². The number of rotatable bonds is 7. The summed E-state index contributed by atoms with van der Waals surface area (Å²) in [5.74, 6) is 0.979. The van der Waals surface area contributed by atoms with Crippen LogP contribution >= 0.6 is 12.4 Å². The van der Waals surface area contributed by atoms with Gasteiger partial charge < -0.3 is 10.1 Å². The topological polar surface area (TPSA) is 21.3 Å². The quantitative estimate of drug-likeness (QED) is 0.789. The molecule has 3 heteroatoms. The third-order valence-electron chi connectivity index (χ3n) is 3.20. The number of halogens is 1. The van der Waals surface area contributed by atoms with Gasteiger partial charge in [0.2, 0.25) is 0 Å². The second-order valence-corrected chi connectivity index (χ2v) is 4.55. The van der Waals surface area contributed by atoms with Gasteiger partial charge in [0.1, 0.15) is 5.75 Å². The molecule has 0 bridgehead atoms. The van der Waals surface area contributed by atoms with Crippen LogP contribution in [0.15, 0.2) is 54.6 Å². The summed E-state index contributed by atoms with van der Waals surface area (Å²) in [5, 5.41) is 3.48. The van der Waals surface area contributed by atoms with E-state index in [4.69, 9.17) is 4.74 Å². The highest BCUT2D eigenvalue weighted by atomic mass is 35.5. The maximum absolute atomic E-state index is 5.34. The van der Waals surface area contributed by atoms with Gasteiger partial charge in [0.25, 0.3) is 0 Å². The highest BCUT2D eigenvalue weighted by molar-refractivity contribution is 5.85. The molecule has 0 heterocycles. The fourth-order valence-electron chi connectivity index (χ4n) is 2.13. The van der Waals surface area contributed by atoms with Crippen LogP contribution in [0.25, 0.3) is 0 Å². The Bertz CT molecular complexity index is 487. The standard InChI is InChI=1S/C17H21NO.ClH/c1-19-17-10-6-5-9-16(17)12-14-18-13-11-15-7-3-2-4-8-15;/h2-10,18H,11-14H2,1H3;1H. The molecule has 0 spiro atoms. The van der Waals surface area contributed by atoms with E-state index in [2.05, 4.69) is 47.8 Å². The van der Waals surface area contributed by atoms with E-state index in [0.717, 1.165) is 31.7 Å². The molecular formula is C17H22ClNO. The smallest absolute Gasteiger partial charge is 0.122 e. The summed E-state index contributed by atoms with van der Waals surface area (Å²) in [6, 6.07) is 18.8. The number of benzene rings is 2. The summed E-state index contributed by atoms with van der Waals surface area (Å²) in [5.41, 5.74) is 2.64. The van der Waals surface area contributed by atoms with Crippen molar-refractivity contribution in [3.8, 4) is 5.75 Å². The maximum atomic E-state index is 5.34. The monoisotopic (exact) mass is 291 g/mol.